The van der Waals surface area contributed by atoms with Gasteiger partial charge in [0.15, 0.2) is 3.77 Å². The van der Waals surface area contributed by atoms with Crippen LogP contribution >= 0.6 is 22.6 Å². The third-order valence-electron chi connectivity index (χ3n) is 1.97. The van der Waals surface area contributed by atoms with Gasteiger partial charge >= 0.3 is 0 Å². The lowest BCUT2D eigenvalue weighted by Gasteiger charge is -1.93. The smallest absolute Gasteiger partial charge is 0.164 e. The number of rotatable bonds is 2. The largest absolute Gasteiger partial charge is 0.449 e. The van der Waals surface area contributed by atoms with Crippen molar-refractivity contribution in [2.24, 2.45) is 4.99 Å². The molecule has 0 amide bonds. The van der Waals surface area contributed by atoms with Crippen molar-refractivity contribution in [2.45, 2.75) is 6.92 Å². The van der Waals surface area contributed by atoms with Gasteiger partial charge in [-0.05, 0) is 53.8 Å². The third-order valence-corrected chi connectivity index (χ3v) is 2.55. The number of hydrogen-bond acceptors (Lipinski definition) is 2. The molecular weight excluding hydrogens is 301 g/mol. The molecule has 3 heteroatoms. The van der Waals surface area contributed by atoms with E-state index in [1.807, 2.05) is 36.4 Å². The van der Waals surface area contributed by atoms with E-state index in [1.165, 1.54) is 5.56 Å². The highest BCUT2D eigenvalue weighted by molar-refractivity contribution is 14.1. The Morgan fingerprint density at radius 3 is 2.47 bits per heavy atom. The van der Waals surface area contributed by atoms with Crippen LogP contribution in [0.5, 0.6) is 0 Å². The van der Waals surface area contributed by atoms with Gasteiger partial charge < -0.3 is 4.42 Å². The molecule has 2 aromatic rings. The van der Waals surface area contributed by atoms with Gasteiger partial charge in [0.05, 0.1) is 11.9 Å². The van der Waals surface area contributed by atoms with Crippen molar-refractivity contribution in [3.05, 3.63) is 51.5 Å². The van der Waals surface area contributed by atoms with Crippen LogP contribution in [-0.2, 0) is 0 Å². The van der Waals surface area contributed by atoms with Crippen LogP contribution in [0.2, 0.25) is 0 Å². The van der Waals surface area contributed by atoms with Gasteiger partial charge in [-0.25, -0.2) is 0 Å². The zero-order chi connectivity index (χ0) is 10.7. The van der Waals surface area contributed by atoms with E-state index in [0.717, 1.165) is 15.2 Å². The molecule has 0 radical (unpaired) electrons. The molecule has 0 aliphatic heterocycles. The first kappa shape index (κ1) is 10.4. The van der Waals surface area contributed by atoms with E-state index in [4.69, 9.17) is 4.42 Å². The van der Waals surface area contributed by atoms with Crippen molar-refractivity contribution < 1.29 is 4.42 Å². The van der Waals surface area contributed by atoms with Crippen molar-refractivity contribution in [3.8, 4) is 0 Å². The van der Waals surface area contributed by atoms with E-state index in [-0.39, 0.29) is 0 Å². The summed E-state index contributed by atoms with van der Waals surface area (Å²) in [7, 11) is 0. The van der Waals surface area contributed by atoms with Gasteiger partial charge in [0.1, 0.15) is 5.76 Å². The number of hydrogen-bond donors (Lipinski definition) is 0. The molecule has 0 bridgehead atoms. The fourth-order valence-electron chi connectivity index (χ4n) is 1.17. The first-order chi connectivity index (χ1) is 7.24. The molecule has 0 spiro atoms. The maximum absolute atomic E-state index is 5.37. The van der Waals surface area contributed by atoms with Crippen molar-refractivity contribution in [1.82, 2.24) is 0 Å². The number of aliphatic imine (C=N–C) groups is 1. The second-order valence-corrected chi connectivity index (χ2v) is 4.30. The quantitative estimate of drug-likeness (QED) is 0.609. The molecule has 2 rings (SSSR count). The van der Waals surface area contributed by atoms with Crippen molar-refractivity contribution in [1.29, 1.82) is 0 Å². The lowest BCUT2D eigenvalue weighted by Crippen LogP contribution is -1.74. The minimum absolute atomic E-state index is 0.778. The molecule has 1 aromatic heterocycles. The summed E-state index contributed by atoms with van der Waals surface area (Å²) in [5.74, 6) is 0.778. The number of nitrogens with zero attached hydrogens (tertiary/aromatic N) is 1. The van der Waals surface area contributed by atoms with E-state index in [0.29, 0.717) is 0 Å². The summed E-state index contributed by atoms with van der Waals surface area (Å²) >= 11 is 2.13. The molecule has 1 heterocycles. The molecule has 0 saturated carbocycles. The molecule has 76 valence electrons. The highest BCUT2D eigenvalue weighted by Gasteiger charge is 1.94. The van der Waals surface area contributed by atoms with Gasteiger partial charge in [-0.3, -0.25) is 4.99 Å². The minimum Gasteiger partial charge on any atom is -0.449 e. The van der Waals surface area contributed by atoms with Crippen molar-refractivity contribution in [3.63, 3.8) is 0 Å². The Bertz CT molecular complexity index is 471. The van der Waals surface area contributed by atoms with Crippen LogP contribution in [0.3, 0.4) is 0 Å². The first-order valence-electron chi connectivity index (χ1n) is 4.60. The molecule has 0 N–H and O–H groups in total. The van der Waals surface area contributed by atoms with E-state index < -0.39 is 0 Å². The zero-order valence-electron chi connectivity index (χ0n) is 8.27. The fourth-order valence-corrected chi connectivity index (χ4v) is 1.60. The van der Waals surface area contributed by atoms with Crippen molar-refractivity contribution >= 4 is 34.5 Å². The molecule has 0 atom stereocenters. The van der Waals surface area contributed by atoms with Crippen LogP contribution < -0.4 is 0 Å². The van der Waals surface area contributed by atoms with E-state index in [9.17, 15) is 0 Å². The minimum atomic E-state index is 0.778. The maximum atomic E-state index is 5.37. The molecule has 0 aliphatic rings. The molecular formula is C12H10INO. The van der Waals surface area contributed by atoms with Gasteiger partial charge in [-0.2, -0.15) is 0 Å². The third kappa shape index (κ3) is 2.92. The second kappa shape index (κ2) is 4.61. The van der Waals surface area contributed by atoms with Crippen LogP contribution in [0.25, 0.3) is 0 Å². The summed E-state index contributed by atoms with van der Waals surface area (Å²) in [6.45, 7) is 2.06. The number of benzene rings is 1. The van der Waals surface area contributed by atoms with Gasteiger partial charge in [0.25, 0.3) is 0 Å². The highest BCUT2D eigenvalue weighted by atomic mass is 127. The van der Waals surface area contributed by atoms with Crippen LogP contribution in [0.4, 0.5) is 5.69 Å². The van der Waals surface area contributed by atoms with Crippen molar-refractivity contribution in [2.75, 3.05) is 0 Å². The summed E-state index contributed by atoms with van der Waals surface area (Å²) in [6, 6.07) is 11.9. The zero-order valence-corrected chi connectivity index (χ0v) is 10.4. The Morgan fingerprint density at radius 1 is 1.13 bits per heavy atom. The SMILES string of the molecule is Cc1ccc(N=Cc2ccc(I)o2)cc1. The molecule has 0 aliphatic carbocycles. The number of halogens is 1. The standard InChI is InChI=1S/C12H10INO/c1-9-2-4-10(5-3-9)14-8-11-6-7-12(13)15-11/h2-8H,1H3. The summed E-state index contributed by atoms with van der Waals surface area (Å²) in [4.78, 5) is 4.31. The number of aryl methyl sites for hydroxylation is 1. The summed E-state index contributed by atoms with van der Waals surface area (Å²) in [5.41, 5.74) is 2.17. The Balaban J connectivity index is 2.14. The molecule has 1 aromatic carbocycles. The molecule has 0 fully saturated rings. The van der Waals surface area contributed by atoms with Crippen LogP contribution in [0.1, 0.15) is 11.3 Å². The van der Waals surface area contributed by atoms with Gasteiger partial charge in [-0.15, -0.1) is 0 Å². The van der Waals surface area contributed by atoms with Crippen LogP contribution in [-0.4, -0.2) is 6.21 Å². The van der Waals surface area contributed by atoms with Gasteiger partial charge in [-0.1, -0.05) is 17.7 Å². The summed E-state index contributed by atoms with van der Waals surface area (Å²) in [6.07, 6.45) is 1.73. The van der Waals surface area contributed by atoms with Gasteiger partial charge in [0, 0.05) is 0 Å². The fraction of sp³-hybridized carbons (Fsp3) is 0.0833. The average molecular weight is 311 g/mol. The monoisotopic (exact) mass is 311 g/mol. The van der Waals surface area contributed by atoms with E-state index in [1.54, 1.807) is 6.21 Å². The topological polar surface area (TPSA) is 25.5 Å². The Hall–Kier alpha value is -1.10. The Labute approximate surface area is 102 Å². The maximum Gasteiger partial charge on any atom is 0.164 e. The van der Waals surface area contributed by atoms with Crippen LogP contribution in [0, 0.1) is 10.7 Å². The lowest BCUT2D eigenvalue weighted by atomic mass is 10.2. The summed E-state index contributed by atoms with van der Waals surface area (Å²) in [5, 5.41) is 0. The Morgan fingerprint density at radius 2 is 1.87 bits per heavy atom. The average Bonchev–Trinajstić information content (AvgIpc) is 2.64. The van der Waals surface area contributed by atoms with E-state index >= 15 is 0 Å². The molecule has 0 saturated heterocycles. The number of furan rings is 1. The lowest BCUT2D eigenvalue weighted by molar-refractivity contribution is 0.531. The molecule has 0 unspecified atom stereocenters. The predicted octanol–water partition coefficient (Wildman–Crippen LogP) is 3.94. The summed E-state index contributed by atoms with van der Waals surface area (Å²) < 4.78 is 6.24. The van der Waals surface area contributed by atoms with Crippen LogP contribution in [0.15, 0.2) is 45.8 Å². The second-order valence-electron chi connectivity index (χ2n) is 3.24. The molecule has 15 heavy (non-hydrogen) atoms. The highest BCUT2D eigenvalue weighted by Crippen LogP contribution is 2.13. The normalized spacial score (nSPS) is 11.1. The first-order valence-corrected chi connectivity index (χ1v) is 5.68. The van der Waals surface area contributed by atoms with Gasteiger partial charge in [0.2, 0.25) is 0 Å². The Kier molecular flexibility index (Phi) is 3.20. The van der Waals surface area contributed by atoms with E-state index in [2.05, 4.69) is 34.5 Å². The molecule has 2 nitrogen and oxygen atoms in total. The predicted molar refractivity (Wildman–Crippen MR) is 69.9 cm³/mol.